The molecule has 2 aromatic heterocycles. The van der Waals surface area contributed by atoms with Gasteiger partial charge in [-0.25, -0.2) is 13.8 Å². The predicted molar refractivity (Wildman–Crippen MR) is 200 cm³/mol. The van der Waals surface area contributed by atoms with Crippen LogP contribution in [0.2, 0.25) is 0 Å². The Morgan fingerprint density at radius 2 is 1.43 bits per heavy atom. The summed E-state index contributed by atoms with van der Waals surface area (Å²) in [7, 11) is 0. The zero-order valence-electron chi connectivity index (χ0n) is 26.9. The quantitative estimate of drug-likeness (QED) is 0.168. The SMILES string of the molecule is C=C/C=c1\c(=C)c2cc(N=C)c(Nc3ccccc3-c3ccccc3C)cc2n1-c1cc(-c2cccc(F)c2)cc(-c2cccc(F)c2)n1. The zero-order chi connectivity index (χ0) is 34.1. The molecule has 1 N–H and O–H groups in total. The van der Waals surface area contributed by atoms with E-state index in [2.05, 4.69) is 55.3 Å². The van der Waals surface area contributed by atoms with Crippen molar-refractivity contribution in [2.24, 2.45) is 4.99 Å². The van der Waals surface area contributed by atoms with Crippen LogP contribution in [0, 0.1) is 18.6 Å². The van der Waals surface area contributed by atoms with Gasteiger partial charge in [-0.1, -0.05) is 86.0 Å². The Kier molecular flexibility index (Phi) is 8.29. The maximum absolute atomic E-state index is 14.5. The highest BCUT2D eigenvalue weighted by atomic mass is 19.1. The third-order valence-corrected chi connectivity index (χ3v) is 8.63. The Balaban J connectivity index is 1.49. The molecule has 7 rings (SSSR count). The summed E-state index contributed by atoms with van der Waals surface area (Å²) in [6.45, 7) is 14.4. The van der Waals surface area contributed by atoms with Crippen LogP contribution in [0.25, 0.3) is 62.9 Å². The molecule has 0 aliphatic carbocycles. The Hall–Kier alpha value is -6.40. The molecule has 0 bridgehead atoms. The third kappa shape index (κ3) is 5.96. The molecular weight excluding hydrogens is 610 g/mol. The molecule has 0 fully saturated rings. The molecule has 2 heterocycles. The highest BCUT2D eigenvalue weighted by Crippen LogP contribution is 2.37. The van der Waals surface area contributed by atoms with Gasteiger partial charge in [0.15, 0.2) is 0 Å². The molecule has 0 unspecified atom stereocenters. The molecular formula is C43H32F2N4. The average Bonchev–Trinajstić information content (AvgIpc) is 3.38. The van der Waals surface area contributed by atoms with Crippen molar-refractivity contribution in [3.05, 3.63) is 162 Å². The molecule has 0 saturated heterocycles. The number of fused-ring (bicyclic) bond motifs is 1. The molecule has 0 aliphatic rings. The number of aryl methyl sites for hydroxylation is 1. The summed E-state index contributed by atoms with van der Waals surface area (Å²) in [6.07, 6.45) is 3.58. The maximum Gasteiger partial charge on any atom is 0.138 e. The van der Waals surface area contributed by atoms with Crippen molar-refractivity contribution in [1.29, 1.82) is 0 Å². The van der Waals surface area contributed by atoms with Gasteiger partial charge in [-0.05, 0) is 96.6 Å². The van der Waals surface area contributed by atoms with E-state index in [0.717, 1.165) is 55.1 Å². The van der Waals surface area contributed by atoms with Crippen LogP contribution >= 0.6 is 0 Å². The average molecular weight is 643 g/mol. The largest absolute Gasteiger partial charge is 0.353 e. The fourth-order valence-electron chi connectivity index (χ4n) is 6.28. The number of hydrogen-bond acceptors (Lipinski definition) is 3. The first kappa shape index (κ1) is 31.2. The van der Waals surface area contributed by atoms with Crippen LogP contribution in [-0.2, 0) is 0 Å². The lowest BCUT2D eigenvalue weighted by Crippen LogP contribution is -2.27. The first-order valence-corrected chi connectivity index (χ1v) is 15.8. The number of nitrogens with one attached hydrogen (secondary N) is 1. The van der Waals surface area contributed by atoms with Crippen molar-refractivity contribution in [1.82, 2.24) is 9.55 Å². The van der Waals surface area contributed by atoms with Crippen LogP contribution in [0.5, 0.6) is 0 Å². The predicted octanol–water partition coefficient (Wildman–Crippen LogP) is 10.1. The lowest BCUT2D eigenvalue weighted by Gasteiger charge is -2.16. The van der Waals surface area contributed by atoms with E-state index < -0.39 is 0 Å². The molecule has 0 spiro atoms. The molecule has 4 nitrogen and oxygen atoms in total. The molecule has 0 saturated carbocycles. The van der Waals surface area contributed by atoms with Crippen LogP contribution in [0.3, 0.4) is 0 Å². The molecule has 6 heteroatoms. The van der Waals surface area contributed by atoms with E-state index in [4.69, 9.17) is 4.98 Å². The number of anilines is 2. The number of pyridine rings is 1. The molecule has 5 aromatic carbocycles. The van der Waals surface area contributed by atoms with E-state index in [1.54, 1.807) is 24.3 Å². The maximum atomic E-state index is 14.5. The summed E-state index contributed by atoms with van der Waals surface area (Å²) in [5, 5.41) is 5.98. The van der Waals surface area contributed by atoms with Gasteiger partial charge in [0.1, 0.15) is 17.5 Å². The van der Waals surface area contributed by atoms with E-state index in [9.17, 15) is 8.78 Å². The second-order valence-corrected chi connectivity index (χ2v) is 11.8. The summed E-state index contributed by atoms with van der Waals surface area (Å²) < 4.78 is 30.9. The fourth-order valence-corrected chi connectivity index (χ4v) is 6.28. The fraction of sp³-hybridized carbons (Fsp3) is 0.0233. The normalized spacial score (nSPS) is 11.5. The van der Waals surface area contributed by atoms with Crippen molar-refractivity contribution in [3.8, 4) is 39.3 Å². The van der Waals surface area contributed by atoms with Crippen molar-refractivity contribution in [2.75, 3.05) is 5.32 Å². The number of aromatic nitrogens is 2. The number of hydrogen-bond donors (Lipinski definition) is 1. The Labute approximate surface area is 283 Å². The summed E-state index contributed by atoms with van der Waals surface area (Å²) >= 11 is 0. The number of aliphatic imine (C=N–C) groups is 1. The second kappa shape index (κ2) is 13.0. The first-order valence-electron chi connectivity index (χ1n) is 15.8. The number of allylic oxidation sites excluding steroid dienone is 1. The smallest absolute Gasteiger partial charge is 0.138 e. The monoisotopic (exact) mass is 642 g/mol. The van der Waals surface area contributed by atoms with Crippen molar-refractivity contribution in [3.63, 3.8) is 0 Å². The van der Waals surface area contributed by atoms with Crippen LogP contribution in [-0.4, -0.2) is 16.3 Å². The lowest BCUT2D eigenvalue weighted by molar-refractivity contribution is 0.628. The van der Waals surface area contributed by atoms with Crippen LogP contribution in [0.4, 0.5) is 25.8 Å². The minimum absolute atomic E-state index is 0.360. The summed E-state index contributed by atoms with van der Waals surface area (Å²) in [5.74, 6) is -0.198. The summed E-state index contributed by atoms with van der Waals surface area (Å²) in [6, 6.07) is 36.8. The van der Waals surface area contributed by atoms with Gasteiger partial charge in [-0.15, -0.1) is 0 Å². The van der Waals surface area contributed by atoms with Crippen LogP contribution in [0.15, 0.2) is 139 Å². The topological polar surface area (TPSA) is 42.2 Å². The Bertz CT molecular complexity index is 2470. The van der Waals surface area contributed by atoms with Gasteiger partial charge < -0.3 is 5.32 Å². The summed E-state index contributed by atoms with van der Waals surface area (Å²) in [5.41, 5.74) is 8.93. The van der Waals surface area contributed by atoms with Crippen molar-refractivity contribution >= 4 is 47.3 Å². The molecule has 238 valence electrons. The number of benzene rings is 5. The summed E-state index contributed by atoms with van der Waals surface area (Å²) in [4.78, 5) is 9.45. The Morgan fingerprint density at radius 3 is 2.14 bits per heavy atom. The molecule has 7 aromatic rings. The number of halogens is 2. The number of para-hydroxylation sites is 1. The van der Waals surface area contributed by atoms with Gasteiger partial charge in [0, 0.05) is 27.4 Å². The molecule has 0 atom stereocenters. The van der Waals surface area contributed by atoms with Gasteiger partial charge in [-0.3, -0.25) is 9.56 Å². The second-order valence-electron chi connectivity index (χ2n) is 11.8. The molecule has 0 aliphatic heterocycles. The number of nitrogens with zero attached hydrogens (tertiary/aromatic N) is 3. The minimum Gasteiger partial charge on any atom is -0.353 e. The van der Waals surface area contributed by atoms with Crippen LogP contribution in [0.1, 0.15) is 5.56 Å². The Morgan fingerprint density at radius 1 is 0.735 bits per heavy atom. The van der Waals surface area contributed by atoms with Gasteiger partial charge in [0.25, 0.3) is 0 Å². The highest BCUT2D eigenvalue weighted by Gasteiger charge is 2.17. The first-order chi connectivity index (χ1) is 23.8. The van der Waals surface area contributed by atoms with Gasteiger partial charge >= 0.3 is 0 Å². The van der Waals surface area contributed by atoms with E-state index >= 15 is 0 Å². The van der Waals surface area contributed by atoms with Crippen LogP contribution < -0.4 is 15.9 Å². The van der Waals surface area contributed by atoms with Gasteiger partial charge in [0.2, 0.25) is 0 Å². The van der Waals surface area contributed by atoms with E-state index in [0.29, 0.717) is 28.3 Å². The molecule has 0 amide bonds. The van der Waals surface area contributed by atoms with Gasteiger partial charge in [-0.2, -0.15) is 0 Å². The highest BCUT2D eigenvalue weighted by molar-refractivity contribution is 5.95. The lowest BCUT2D eigenvalue weighted by atomic mass is 9.99. The zero-order valence-corrected chi connectivity index (χ0v) is 26.9. The third-order valence-electron chi connectivity index (χ3n) is 8.63. The molecule has 49 heavy (non-hydrogen) atoms. The van der Waals surface area contributed by atoms with E-state index in [-0.39, 0.29) is 11.6 Å². The minimum atomic E-state index is -0.379. The van der Waals surface area contributed by atoms with Crippen molar-refractivity contribution in [2.45, 2.75) is 6.92 Å². The number of rotatable bonds is 8. The standard InChI is InChI=1S/C43H32F2N4/c1-5-12-41-28(3)36-25-39(46-4)40(47-37-20-9-8-19-35(37)34-18-7-6-13-27(34)2)26-42(36)49(41)43-24-31(29-14-10-16-32(44)21-29)23-38(48-43)30-15-11-17-33(45)22-30/h5-26,47H,1,3-4H2,2H3/b41-12+. The molecule has 0 radical (unpaired) electrons. The van der Waals surface area contributed by atoms with Gasteiger partial charge in [0.05, 0.1) is 27.9 Å². The van der Waals surface area contributed by atoms with E-state index in [1.807, 2.05) is 71.3 Å². The van der Waals surface area contributed by atoms with Crippen molar-refractivity contribution < 1.29 is 8.78 Å². The van der Waals surface area contributed by atoms with E-state index in [1.165, 1.54) is 24.3 Å².